The van der Waals surface area contributed by atoms with Crippen LogP contribution in [0.1, 0.15) is 0 Å². The Balaban J connectivity index is 0. The molecule has 1 aliphatic rings. The Kier molecular flexibility index (Phi) is 3.03. The average Bonchev–Trinajstić information content (AvgIpc) is 1.76. The standard InChI is InChI=1S/2FH.O4S/c;;1-5(2)3-4-5/h2*1H;. The first-order chi connectivity index (χ1) is 2.21. The van der Waals surface area contributed by atoms with Crippen LogP contribution in [0, 0.1) is 0 Å². The Morgan fingerprint density at radius 1 is 1.00 bits per heavy atom. The van der Waals surface area contributed by atoms with Gasteiger partial charge in [-0.15, -0.1) is 0 Å². The molecule has 0 aliphatic carbocycles. The normalized spacial score (nSPS) is 21.1. The first kappa shape index (κ1) is 9.88. The SMILES string of the molecule is F.F.O=S1(=O)OO1. The lowest BCUT2D eigenvalue weighted by Gasteiger charge is -1.31. The summed E-state index contributed by atoms with van der Waals surface area (Å²) in [5, 5.41) is 0. The molecule has 7 heteroatoms. The van der Waals surface area contributed by atoms with Crippen molar-refractivity contribution in [1.29, 1.82) is 0 Å². The van der Waals surface area contributed by atoms with E-state index in [1.807, 2.05) is 0 Å². The van der Waals surface area contributed by atoms with Crippen LogP contribution < -0.4 is 0 Å². The zero-order chi connectivity index (χ0) is 3.91. The summed E-state index contributed by atoms with van der Waals surface area (Å²) in [5.74, 6) is 0. The fourth-order valence-corrected chi connectivity index (χ4v) is 0.204. The van der Waals surface area contributed by atoms with Crippen molar-refractivity contribution in [2.45, 2.75) is 0 Å². The molecule has 0 saturated carbocycles. The van der Waals surface area contributed by atoms with Gasteiger partial charge in [-0.1, -0.05) is 8.67 Å². The van der Waals surface area contributed by atoms with Gasteiger partial charge in [0, 0.05) is 0 Å². The van der Waals surface area contributed by atoms with E-state index in [9.17, 15) is 8.42 Å². The van der Waals surface area contributed by atoms with E-state index in [0.29, 0.717) is 0 Å². The summed E-state index contributed by atoms with van der Waals surface area (Å²) in [7, 11) is -3.42. The fraction of sp³-hybridized carbons (Fsp3) is 0. The van der Waals surface area contributed by atoms with E-state index in [1.54, 1.807) is 0 Å². The molecule has 0 aromatic rings. The van der Waals surface area contributed by atoms with Crippen molar-refractivity contribution in [1.82, 2.24) is 0 Å². The van der Waals surface area contributed by atoms with Crippen LogP contribution >= 0.6 is 0 Å². The maximum Gasteiger partial charge on any atom is 0.455 e. The Morgan fingerprint density at radius 3 is 1.14 bits per heavy atom. The Labute approximate surface area is 38.0 Å². The average molecular weight is 136 g/mol. The van der Waals surface area contributed by atoms with Crippen molar-refractivity contribution in [2.75, 3.05) is 0 Å². The number of halogens is 2. The third-order valence-corrected chi connectivity index (χ3v) is 0.537. The molecule has 1 rings (SSSR count). The van der Waals surface area contributed by atoms with Crippen LogP contribution in [-0.2, 0) is 19.1 Å². The van der Waals surface area contributed by atoms with Crippen LogP contribution in [0.5, 0.6) is 0 Å². The minimum absolute atomic E-state index is 0. The summed E-state index contributed by atoms with van der Waals surface area (Å²) in [6.07, 6.45) is 0. The smallest absolute Gasteiger partial charge is 0.269 e. The van der Waals surface area contributed by atoms with Crippen LogP contribution in [-0.4, -0.2) is 8.42 Å². The molecule has 0 spiro atoms. The van der Waals surface area contributed by atoms with Crippen molar-refractivity contribution in [3.63, 3.8) is 0 Å². The minimum atomic E-state index is -3.42. The van der Waals surface area contributed by atoms with E-state index in [0.717, 1.165) is 0 Å². The summed E-state index contributed by atoms with van der Waals surface area (Å²) in [6, 6.07) is 0. The largest absolute Gasteiger partial charge is 0.455 e. The third-order valence-electron chi connectivity index (χ3n) is 0.179. The van der Waals surface area contributed by atoms with Gasteiger partial charge in [-0.3, -0.25) is 9.41 Å². The maximum atomic E-state index is 9.30. The van der Waals surface area contributed by atoms with Gasteiger partial charge in [0.05, 0.1) is 0 Å². The Morgan fingerprint density at radius 2 is 1.14 bits per heavy atom. The van der Waals surface area contributed by atoms with Crippen LogP contribution in [0.25, 0.3) is 0 Å². The van der Waals surface area contributed by atoms with Crippen molar-refractivity contribution in [2.24, 2.45) is 0 Å². The van der Waals surface area contributed by atoms with Gasteiger partial charge in [0.15, 0.2) is 0 Å². The molecule has 0 radical (unpaired) electrons. The Hall–Kier alpha value is -0.270. The highest BCUT2D eigenvalue weighted by molar-refractivity contribution is 7.85. The van der Waals surface area contributed by atoms with Gasteiger partial charge in [-0.2, -0.15) is 8.42 Å². The molecule has 46 valence electrons. The second kappa shape index (κ2) is 2.15. The topological polar surface area (TPSA) is 59.2 Å². The molecule has 0 aromatic carbocycles. The molecular weight excluding hydrogens is 134 g/mol. The highest BCUT2D eigenvalue weighted by atomic mass is 32.3. The zero-order valence-corrected chi connectivity index (χ0v) is 3.67. The van der Waals surface area contributed by atoms with E-state index in [2.05, 4.69) is 8.67 Å². The lowest BCUT2D eigenvalue weighted by atomic mass is 15.0. The van der Waals surface area contributed by atoms with Crippen molar-refractivity contribution < 1.29 is 26.5 Å². The van der Waals surface area contributed by atoms with E-state index >= 15 is 0 Å². The van der Waals surface area contributed by atoms with Crippen molar-refractivity contribution in [3.8, 4) is 0 Å². The highest BCUT2D eigenvalue weighted by Gasteiger charge is 2.31. The molecule has 1 heterocycles. The van der Waals surface area contributed by atoms with Gasteiger partial charge < -0.3 is 0 Å². The summed E-state index contributed by atoms with van der Waals surface area (Å²) in [5.41, 5.74) is 0. The lowest BCUT2D eigenvalue weighted by molar-refractivity contribution is 0.0850. The van der Waals surface area contributed by atoms with E-state index in [1.165, 1.54) is 0 Å². The van der Waals surface area contributed by atoms with E-state index < -0.39 is 10.4 Å². The molecule has 1 fully saturated rings. The van der Waals surface area contributed by atoms with Gasteiger partial charge in [0.2, 0.25) is 0 Å². The molecule has 0 unspecified atom stereocenters. The number of hydrogen-bond donors (Lipinski definition) is 0. The fourth-order valence-electron chi connectivity index (χ4n) is 0.0227. The summed E-state index contributed by atoms with van der Waals surface area (Å²) >= 11 is 0. The molecule has 4 nitrogen and oxygen atoms in total. The van der Waals surface area contributed by atoms with E-state index in [-0.39, 0.29) is 9.41 Å². The Bertz CT molecular complexity index is 113. The highest BCUT2D eigenvalue weighted by Crippen LogP contribution is 2.11. The van der Waals surface area contributed by atoms with Gasteiger partial charge >= 0.3 is 10.4 Å². The van der Waals surface area contributed by atoms with Gasteiger partial charge in [0.25, 0.3) is 0 Å². The lowest BCUT2D eigenvalue weighted by Crippen LogP contribution is -1.59. The van der Waals surface area contributed by atoms with Gasteiger partial charge in [0.1, 0.15) is 0 Å². The predicted molar refractivity (Wildman–Crippen MR) is 16.1 cm³/mol. The quantitative estimate of drug-likeness (QED) is 0.332. The maximum absolute atomic E-state index is 9.30. The van der Waals surface area contributed by atoms with E-state index in [4.69, 9.17) is 0 Å². The second-order valence-electron chi connectivity index (χ2n) is 0.544. The zero-order valence-electron chi connectivity index (χ0n) is 2.86. The molecule has 7 heavy (non-hydrogen) atoms. The molecule has 0 N–H and O–H groups in total. The van der Waals surface area contributed by atoms with Crippen LogP contribution in [0.4, 0.5) is 9.41 Å². The summed E-state index contributed by atoms with van der Waals surface area (Å²) < 4.78 is 25.3. The molecule has 1 aliphatic heterocycles. The molecule has 0 bridgehead atoms. The molecule has 0 aromatic heterocycles. The predicted octanol–water partition coefficient (Wildman–Crippen LogP) is -0.502. The first-order valence-corrected chi connectivity index (χ1v) is 2.17. The molecule has 0 atom stereocenters. The van der Waals surface area contributed by atoms with Crippen LogP contribution in [0.2, 0.25) is 0 Å². The molecule has 0 amide bonds. The summed E-state index contributed by atoms with van der Waals surface area (Å²) in [6.45, 7) is 0. The molecular formula is H2F2O4S. The second-order valence-corrected chi connectivity index (χ2v) is 1.63. The van der Waals surface area contributed by atoms with Gasteiger partial charge in [-0.05, 0) is 0 Å². The third kappa shape index (κ3) is 3.56. The van der Waals surface area contributed by atoms with Crippen molar-refractivity contribution >= 4 is 10.4 Å². The van der Waals surface area contributed by atoms with Crippen molar-refractivity contribution in [3.05, 3.63) is 0 Å². The monoisotopic (exact) mass is 136 g/mol. The number of rotatable bonds is 0. The first-order valence-electron chi connectivity index (χ1n) is 0.833. The molecule has 1 saturated heterocycles. The van der Waals surface area contributed by atoms with Gasteiger partial charge in [-0.25, -0.2) is 0 Å². The minimum Gasteiger partial charge on any atom is -0.269 e. The summed E-state index contributed by atoms with van der Waals surface area (Å²) in [4.78, 5) is 0. The van der Waals surface area contributed by atoms with Crippen LogP contribution in [0.15, 0.2) is 0 Å². The van der Waals surface area contributed by atoms with Crippen LogP contribution in [0.3, 0.4) is 0 Å². The number of hydrogen-bond acceptors (Lipinski definition) is 4.